The highest BCUT2D eigenvalue weighted by molar-refractivity contribution is 5.25. The Morgan fingerprint density at radius 1 is 1.39 bits per heavy atom. The van der Waals surface area contributed by atoms with Gasteiger partial charge in [0, 0.05) is 26.0 Å². The second kappa shape index (κ2) is 5.57. The number of rotatable bonds is 5. The molecular weight excluding hydrogens is 233 g/mol. The molecule has 1 N–H and O–H groups in total. The summed E-state index contributed by atoms with van der Waals surface area (Å²) in [5, 5.41) is 2.80. The molecule has 0 unspecified atom stereocenters. The molecule has 0 aromatic carbocycles. The molecule has 2 aromatic rings. The third-order valence-electron chi connectivity index (χ3n) is 2.63. The maximum atomic E-state index is 13.6. The first-order valence-corrected chi connectivity index (χ1v) is 5.93. The maximum absolute atomic E-state index is 13.6. The van der Waals surface area contributed by atoms with Gasteiger partial charge in [0.25, 0.3) is 0 Å². The molecule has 18 heavy (non-hydrogen) atoms. The minimum Gasteiger partial charge on any atom is -0.357 e. The maximum Gasteiger partial charge on any atom is 0.222 e. The molecule has 2 aromatic heterocycles. The molecule has 0 spiro atoms. The Morgan fingerprint density at radius 3 is 2.94 bits per heavy atom. The molecule has 2 heterocycles. The lowest BCUT2D eigenvalue weighted by Gasteiger charge is -2.07. The molecule has 0 atom stereocenters. The molecule has 0 radical (unpaired) electrons. The van der Waals surface area contributed by atoms with E-state index in [2.05, 4.69) is 27.2 Å². The van der Waals surface area contributed by atoms with Gasteiger partial charge in [0.15, 0.2) is 5.82 Å². The van der Waals surface area contributed by atoms with Crippen LogP contribution in [0.4, 0.5) is 10.3 Å². The summed E-state index contributed by atoms with van der Waals surface area (Å²) in [7, 11) is 1.70. The Labute approximate surface area is 105 Å². The first-order chi connectivity index (χ1) is 8.74. The number of halogens is 1. The Hall–Kier alpha value is -1.98. The molecule has 6 heteroatoms. The number of hydrogen-bond donors (Lipinski definition) is 1. The minimum atomic E-state index is -0.403. The summed E-state index contributed by atoms with van der Waals surface area (Å²) in [4.78, 5) is 12.2. The Kier molecular flexibility index (Phi) is 3.86. The van der Waals surface area contributed by atoms with E-state index in [-0.39, 0.29) is 0 Å². The van der Waals surface area contributed by atoms with Gasteiger partial charge in [0.05, 0.1) is 18.3 Å². The van der Waals surface area contributed by atoms with Gasteiger partial charge in [-0.25, -0.2) is 19.3 Å². The molecule has 0 saturated heterocycles. The molecule has 0 bridgehead atoms. The molecule has 0 saturated carbocycles. The monoisotopic (exact) mass is 249 g/mol. The summed E-state index contributed by atoms with van der Waals surface area (Å²) in [6.07, 6.45) is 6.19. The summed E-state index contributed by atoms with van der Waals surface area (Å²) in [6.45, 7) is 2.97. The molecule has 0 fully saturated rings. The number of imidazole rings is 1. The van der Waals surface area contributed by atoms with E-state index in [4.69, 9.17) is 0 Å². The topological polar surface area (TPSA) is 55.6 Å². The van der Waals surface area contributed by atoms with Gasteiger partial charge in [0.1, 0.15) is 5.82 Å². The van der Waals surface area contributed by atoms with Crippen LogP contribution >= 0.6 is 0 Å². The van der Waals surface area contributed by atoms with Crippen LogP contribution in [0.2, 0.25) is 0 Å². The van der Waals surface area contributed by atoms with Crippen molar-refractivity contribution in [1.29, 1.82) is 0 Å². The van der Waals surface area contributed by atoms with E-state index < -0.39 is 5.82 Å². The highest BCUT2D eigenvalue weighted by atomic mass is 19.1. The van der Waals surface area contributed by atoms with Crippen LogP contribution in [0.25, 0.3) is 0 Å². The molecule has 5 nitrogen and oxygen atoms in total. The SMILES string of the molecule is CCCn1ccnc1Cc1nc(NC)ncc1F. The number of aromatic nitrogens is 4. The second-order valence-corrected chi connectivity index (χ2v) is 3.95. The first kappa shape index (κ1) is 12.5. The average Bonchev–Trinajstić information content (AvgIpc) is 2.80. The van der Waals surface area contributed by atoms with Crippen LogP contribution in [0, 0.1) is 5.82 Å². The highest BCUT2D eigenvalue weighted by Gasteiger charge is 2.10. The number of nitrogens with one attached hydrogen (secondary N) is 1. The third kappa shape index (κ3) is 2.64. The standard InChI is InChI=1S/C12H16FN5/c1-3-5-18-6-4-15-11(18)7-10-9(13)8-16-12(14-2)17-10/h4,6,8H,3,5,7H2,1-2H3,(H,14,16,17). The normalized spacial score (nSPS) is 10.6. The van der Waals surface area contributed by atoms with E-state index in [1.165, 1.54) is 6.20 Å². The van der Waals surface area contributed by atoms with Crippen LogP contribution in [-0.2, 0) is 13.0 Å². The second-order valence-electron chi connectivity index (χ2n) is 3.95. The van der Waals surface area contributed by atoms with Crippen molar-refractivity contribution in [3.8, 4) is 0 Å². The van der Waals surface area contributed by atoms with Crippen LogP contribution in [0.1, 0.15) is 24.9 Å². The van der Waals surface area contributed by atoms with Crippen molar-refractivity contribution in [1.82, 2.24) is 19.5 Å². The summed E-state index contributed by atoms with van der Waals surface area (Å²) < 4.78 is 15.6. The fourth-order valence-electron chi connectivity index (χ4n) is 1.75. The summed E-state index contributed by atoms with van der Waals surface area (Å²) in [5.74, 6) is 0.830. The largest absolute Gasteiger partial charge is 0.357 e. The number of anilines is 1. The van der Waals surface area contributed by atoms with E-state index in [0.717, 1.165) is 18.8 Å². The van der Waals surface area contributed by atoms with Crippen LogP contribution in [0.5, 0.6) is 0 Å². The van der Waals surface area contributed by atoms with E-state index in [0.29, 0.717) is 18.1 Å². The summed E-state index contributed by atoms with van der Waals surface area (Å²) >= 11 is 0. The van der Waals surface area contributed by atoms with Crippen molar-refractivity contribution in [2.45, 2.75) is 26.3 Å². The summed E-state index contributed by atoms with van der Waals surface area (Å²) in [5.41, 5.74) is 0.359. The van der Waals surface area contributed by atoms with E-state index in [1.54, 1.807) is 13.2 Å². The lowest BCUT2D eigenvalue weighted by atomic mass is 10.2. The number of nitrogens with zero attached hydrogens (tertiary/aromatic N) is 4. The average molecular weight is 249 g/mol. The molecular formula is C12H16FN5. The molecule has 2 rings (SSSR count). The lowest BCUT2D eigenvalue weighted by Crippen LogP contribution is -2.08. The van der Waals surface area contributed by atoms with Gasteiger partial charge >= 0.3 is 0 Å². The van der Waals surface area contributed by atoms with Gasteiger partial charge in [-0.3, -0.25) is 0 Å². The van der Waals surface area contributed by atoms with Crippen molar-refractivity contribution in [3.63, 3.8) is 0 Å². The van der Waals surface area contributed by atoms with Gasteiger partial charge in [-0.15, -0.1) is 0 Å². The fraction of sp³-hybridized carbons (Fsp3) is 0.417. The number of aryl methyl sites for hydroxylation is 1. The quantitative estimate of drug-likeness (QED) is 0.878. The third-order valence-corrected chi connectivity index (χ3v) is 2.63. The van der Waals surface area contributed by atoms with Crippen LogP contribution in [0.15, 0.2) is 18.6 Å². The summed E-state index contributed by atoms with van der Waals surface area (Å²) in [6, 6.07) is 0. The van der Waals surface area contributed by atoms with Crippen molar-refractivity contribution >= 4 is 5.95 Å². The number of hydrogen-bond acceptors (Lipinski definition) is 4. The van der Waals surface area contributed by atoms with Gasteiger partial charge < -0.3 is 9.88 Å². The van der Waals surface area contributed by atoms with Crippen LogP contribution in [-0.4, -0.2) is 26.6 Å². The zero-order valence-electron chi connectivity index (χ0n) is 10.5. The Bertz CT molecular complexity index is 523. The molecule has 0 aliphatic heterocycles. The van der Waals surface area contributed by atoms with E-state index >= 15 is 0 Å². The lowest BCUT2D eigenvalue weighted by molar-refractivity contribution is 0.586. The van der Waals surface area contributed by atoms with Crippen molar-refractivity contribution in [2.24, 2.45) is 0 Å². The Balaban J connectivity index is 2.24. The minimum absolute atomic E-state index is 0.359. The van der Waals surface area contributed by atoms with Gasteiger partial charge in [-0.05, 0) is 6.42 Å². The molecule has 0 amide bonds. The highest BCUT2D eigenvalue weighted by Crippen LogP contribution is 2.11. The van der Waals surface area contributed by atoms with Gasteiger partial charge in [-0.2, -0.15) is 0 Å². The van der Waals surface area contributed by atoms with Gasteiger partial charge in [-0.1, -0.05) is 6.92 Å². The zero-order valence-corrected chi connectivity index (χ0v) is 10.5. The molecule has 96 valence electrons. The zero-order chi connectivity index (χ0) is 13.0. The smallest absolute Gasteiger partial charge is 0.222 e. The predicted octanol–water partition coefficient (Wildman–Crippen LogP) is 1.85. The van der Waals surface area contributed by atoms with Crippen molar-refractivity contribution in [3.05, 3.63) is 35.9 Å². The molecule has 0 aliphatic carbocycles. The van der Waals surface area contributed by atoms with E-state index in [1.807, 2.05) is 10.8 Å². The Morgan fingerprint density at radius 2 is 2.22 bits per heavy atom. The fourth-order valence-corrected chi connectivity index (χ4v) is 1.75. The van der Waals surface area contributed by atoms with Gasteiger partial charge in [0.2, 0.25) is 5.95 Å². The van der Waals surface area contributed by atoms with Crippen LogP contribution < -0.4 is 5.32 Å². The molecule has 0 aliphatic rings. The van der Waals surface area contributed by atoms with E-state index in [9.17, 15) is 4.39 Å². The first-order valence-electron chi connectivity index (χ1n) is 5.93. The van der Waals surface area contributed by atoms with Crippen LogP contribution in [0.3, 0.4) is 0 Å². The van der Waals surface area contributed by atoms with Crippen molar-refractivity contribution in [2.75, 3.05) is 12.4 Å². The predicted molar refractivity (Wildman–Crippen MR) is 66.9 cm³/mol. The van der Waals surface area contributed by atoms with Crippen molar-refractivity contribution < 1.29 is 4.39 Å².